The number of pyridine rings is 1. The van der Waals surface area contributed by atoms with Crippen LogP contribution in [-0.4, -0.2) is 40.3 Å². The van der Waals surface area contributed by atoms with Crippen LogP contribution < -0.4 is 10.2 Å². The van der Waals surface area contributed by atoms with Gasteiger partial charge in [0.1, 0.15) is 11.9 Å². The molecule has 0 unspecified atom stereocenters. The first kappa shape index (κ1) is 19.9. The number of rotatable bonds is 6. The molecule has 1 saturated heterocycles. The molecular formula is C21H28N6O. The van der Waals surface area contributed by atoms with Crippen molar-refractivity contribution in [3.05, 3.63) is 40.8 Å². The molecule has 28 heavy (non-hydrogen) atoms. The first-order valence-electron chi connectivity index (χ1n) is 9.84. The Morgan fingerprint density at radius 1 is 1.36 bits per heavy atom. The molecule has 0 spiro atoms. The number of aromatic nitrogens is 3. The highest BCUT2D eigenvalue weighted by atomic mass is 16.1. The summed E-state index contributed by atoms with van der Waals surface area (Å²) in [5, 5.41) is 16.7. The molecular weight excluding hydrogens is 352 g/mol. The molecule has 1 aliphatic heterocycles. The zero-order valence-electron chi connectivity index (χ0n) is 16.9. The Morgan fingerprint density at radius 3 is 2.75 bits per heavy atom. The van der Waals surface area contributed by atoms with Crippen LogP contribution in [0.15, 0.2) is 18.3 Å². The number of hydrogen-bond acceptors (Lipinski definition) is 5. The molecule has 3 heterocycles. The molecule has 0 radical (unpaired) electrons. The summed E-state index contributed by atoms with van der Waals surface area (Å²) >= 11 is 0. The third-order valence-electron chi connectivity index (χ3n) is 5.47. The number of nitrogens with one attached hydrogen (secondary N) is 1. The minimum absolute atomic E-state index is 0.0892. The van der Waals surface area contributed by atoms with Crippen LogP contribution in [0.4, 0.5) is 5.82 Å². The Hall–Kier alpha value is -2.88. The molecule has 0 bridgehead atoms. The van der Waals surface area contributed by atoms with E-state index in [0.717, 1.165) is 48.7 Å². The van der Waals surface area contributed by atoms with Crippen molar-refractivity contribution in [2.24, 2.45) is 13.0 Å². The maximum absolute atomic E-state index is 12.1. The summed E-state index contributed by atoms with van der Waals surface area (Å²) < 4.78 is 1.81. The monoisotopic (exact) mass is 380 g/mol. The molecule has 0 atom stereocenters. The highest BCUT2D eigenvalue weighted by Crippen LogP contribution is 2.26. The quantitative estimate of drug-likeness (QED) is 0.831. The van der Waals surface area contributed by atoms with E-state index in [4.69, 9.17) is 0 Å². The minimum atomic E-state index is 0.0892. The summed E-state index contributed by atoms with van der Waals surface area (Å²) in [6.07, 6.45) is 4.92. The third-order valence-corrected chi connectivity index (χ3v) is 5.47. The maximum atomic E-state index is 12.1. The van der Waals surface area contributed by atoms with Crippen LogP contribution in [0.25, 0.3) is 0 Å². The highest BCUT2D eigenvalue weighted by Gasteiger charge is 2.23. The Bertz CT molecular complexity index is 874. The predicted octanol–water partition coefficient (Wildman–Crippen LogP) is 2.27. The Kier molecular flexibility index (Phi) is 6.30. The lowest BCUT2D eigenvalue weighted by atomic mass is 9.96. The van der Waals surface area contributed by atoms with Crippen LogP contribution in [0.1, 0.15) is 41.8 Å². The van der Waals surface area contributed by atoms with E-state index >= 15 is 0 Å². The van der Waals surface area contributed by atoms with Gasteiger partial charge in [-0.2, -0.15) is 10.4 Å². The van der Waals surface area contributed by atoms with Crippen molar-refractivity contribution in [3.63, 3.8) is 0 Å². The zero-order valence-corrected chi connectivity index (χ0v) is 16.9. The van der Waals surface area contributed by atoms with Gasteiger partial charge in [-0.1, -0.05) is 0 Å². The lowest BCUT2D eigenvalue weighted by molar-refractivity contribution is -0.121. The molecule has 7 nitrogen and oxygen atoms in total. The number of hydrogen-bond donors (Lipinski definition) is 1. The first-order valence-corrected chi connectivity index (χ1v) is 9.84. The van der Waals surface area contributed by atoms with Gasteiger partial charge in [0.2, 0.25) is 5.91 Å². The second kappa shape index (κ2) is 8.87. The van der Waals surface area contributed by atoms with Gasteiger partial charge >= 0.3 is 0 Å². The van der Waals surface area contributed by atoms with E-state index in [0.29, 0.717) is 30.9 Å². The Labute approximate surface area is 166 Å². The average Bonchev–Trinajstić information content (AvgIpc) is 3.09. The van der Waals surface area contributed by atoms with Gasteiger partial charge in [0, 0.05) is 50.7 Å². The van der Waals surface area contributed by atoms with Gasteiger partial charge in [-0.3, -0.25) is 9.48 Å². The van der Waals surface area contributed by atoms with Gasteiger partial charge in [-0.15, -0.1) is 0 Å². The summed E-state index contributed by atoms with van der Waals surface area (Å²) in [5.74, 6) is 1.36. The van der Waals surface area contributed by atoms with E-state index in [2.05, 4.69) is 26.4 Å². The minimum Gasteiger partial charge on any atom is -0.356 e. The number of nitriles is 1. The number of nitrogens with zero attached hydrogens (tertiary/aromatic N) is 5. The molecule has 1 fully saturated rings. The van der Waals surface area contributed by atoms with Crippen LogP contribution in [0.3, 0.4) is 0 Å². The molecule has 148 valence electrons. The van der Waals surface area contributed by atoms with E-state index in [1.54, 1.807) is 10.9 Å². The SMILES string of the molecule is Cc1cc(C)c(C#N)c(N2CCC(CNC(=O)CCc3ccnn3C)CC2)n1. The summed E-state index contributed by atoms with van der Waals surface area (Å²) in [5.41, 5.74) is 3.66. The standard InChI is InChI=1S/C21H28N6O/c1-15-12-16(2)25-21(19(15)13-22)27-10-7-17(8-11-27)14-23-20(28)5-4-18-6-9-24-26(18)3/h6,9,12,17H,4-5,7-8,10-11,14H2,1-3H3,(H,23,28). The van der Waals surface area contributed by atoms with Gasteiger partial charge in [0.25, 0.3) is 0 Å². The smallest absolute Gasteiger partial charge is 0.220 e. The van der Waals surface area contributed by atoms with Crippen molar-refractivity contribution >= 4 is 11.7 Å². The fourth-order valence-electron chi connectivity index (χ4n) is 3.77. The molecule has 2 aromatic rings. The van der Waals surface area contributed by atoms with Gasteiger partial charge < -0.3 is 10.2 Å². The molecule has 7 heteroatoms. The van der Waals surface area contributed by atoms with E-state index in [-0.39, 0.29) is 5.91 Å². The second-order valence-corrected chi connectivity index (χ2v) is 7.57. The third kappa shape index (κ3) is 4.69. The van der Waals surface area contributed by atoms with Crippen LogP contribution in [0.5, 0.6) is 0 Å². The summed E-state index contributed by atoms with van der Waals surface area (Å²) in [6, 6.07) is 6.20. The van der Waals surface area contributed by atoms with Crippen LogP contribution >= 0.6 is 0 Å². The highest BCUT2D eigenvalue weighted by molar-refractivity contribution is 5.76. The van der Waals surface area contributed by atoms with E-state index < -0.39 is 0 Å². The van der Waals surface area contributed by atoms with Gasteiger partial charge in [0.15, 0.2) is 0 Å². The normalized spacial score (nSPS) is 14.7. The van der Waals surface area contributed by atoms with Crippen LogP contribution in [0.2, 0.25) is 0 Å². The fraction of sp³-hybridized carbons (Fsp3) is 0.524. The molecule has 1 N–H and O–H groups in total. The fourth-order valence-corrected chi connectivity index (χ4v) is 3.77. The van der Waals surface area contributed by atoms with Crippen molar-refractivity contribution in [2.45, 2.75) is 39.5 Å². The number of piperidine rings is 1. The van der Waals surface area contributed by atoms with Crippen LogP contribution in [0, 0.1) is 31.1 Å². The number of carbonyl (C=O) groups is 1. The number of aryl methyl sites for hydroxylation is 4. The topological polar surface area (TPSA) is 86.8 Å². The number of carbonyl (C=O) groups excluding carboxylic acids is 1. The molecule has 1 aliphatic rings. The Morgan fingerprint density at radius 2 is 2.11 bits per heavy atom. The lowest BCUT2D eigenvalue weighted by Crippen LogP contribution is -2.39. The van der Waals surface area contributed by atoms with Crippen molar-refractivity contribution in [1.29, 1.82) is 5.26 Å². The van der Waals surface area contributed by atoms with Gasteiger partial charge in [-0.05, 0) is 56.7 Å². The van der Waals surface area contributed by atoms with E-state index in [1.165, 1.54) is 0 Å². The predicted molar refractivity (Wildman–Crippen MR) is 108 cm³/mol. The van der Waals surface area contributed by atoms with Crippen molar-refractivity contribution in [2.75, 3.05) is 24.5 Å². The van der Waals surface area contributed by atoms with Crippen molar-refractivity contribution < 1.29 is 4.79 Å². The summed E-state index contributed by atoms with van der Waals surface area (Å²) in [7, 11) is 1.89. The zero-order chi connectivity index (χ0) is 20.1. The van der Waals surface area contributed by atoms with Gasteiger partial charge in [-0.25, -0.2) is 4.98 Å². The van der Waals surface area contributed by atoms with Gasteiger partial charge in [0.05, 0.1) is 5.56 Å². The Balaban J connectivity index is 1.46. The van der Waals surface area contributed by atoms with Crippen LogP contribution in [-0.2, 0) is 18.3 Å². The summed E-state index contributed by atoms with van der Waals surface area (Å²) in [4.78, 5) is 19.0. The van der Waals surface area contributed by atoms with E-state index in [1.807, 2.05) is 33.0 Å². The molecule has 0 saturated carbocycles. The molecule has 0 aliphatic carbocycles. The van der Waals surface area contributed by atoms with Crippen molar-refractivity contribution in [3.8, 4) is 6.07 Å². The number of amides is 1. The van der Waals surface area contributed by atoms with Crippen molar-refractivity contribution in [1.82, 2.24) is 20.1 Å². The average molecular weight is 380 g/mol. The first-order chi connectivity index (χ1) is 13.5. The maximum Gasteiger partial charge on any atom is 0.220 e. The second-order valence-electron chi connectivity index (χ2n) is 7.57. The summed E-state index contributed by atoms with van der Waals surface area (Å²) in [6.45, 7) is 6.36. The molecule has 3 rings (SSSR count). The molecule has 2 aromatic heterocycles. The molecule has 1 amide bonds. The largest absolute Gasteiger partial charge is 0.356 e. The number of anilines is 1. The molecule has 0 aromatic carbocycles. The lowest BCUT2D eigenvalue weighted by Gasteiger charge is -2.33. The van der Waals surface area contributed by atoms with E-state index in [9.17, 15) is 10.1 Å².